The first-order valence-corrected chi connectivity index (χ1v) is 9.41. The van der Waals surface area contributed by atoms with Crippen LogP contribution in [0.5, 0.6) is 0 Å². The summed E-state index contributed by atoms with van der Waals surface area (Å²) in [4.78, 5) is 20.8. The van der Waals surface area contributed by atoms with Gasteiger partial charge in [-0.05, 0) is 12.8 Å². The zero-order valence-electron chi connectivity index (χ0n) is 16.1. The van der Waals surface area contributed by atoms with Crippen molar-refractivity contribution in [3.05, 3.63) is 17.8 Å². The summed E-state index contributed by atoms with van der Waals surface area (Å²) in [6.07, 6.45) is 0.978. The van der Waals surface area contributed by atoms with E-state index in [0.29, 0.717) is 50.4 Å². The number of aliphatic hydroxyl groups excluding tert-OH is 1. The van der Waals surface area contributed by atoms with Gasteiger partial charge in [0.25, 0.3) is 5.91 Å². The summed E-state index contributed by atoms with van der Waals surface area (Å²) in [5, 5.41) is 12.8. The molecule has 0 saturated carbocycles. The fraction of sp³-hybridized carbons (Fsp3) is 0.778. The van der Waals surface area contributed by atoms with Gasteiger partial charge < -0.3 is 19.6 Å². The highest BCUT2D eigenvalue weighted by atomic mass is 16.5. The normalized spacial score (nSPS) is 17.6. The van der Waals surface area contributed by atoms with Crippen LogP contribution >= 0.6 is 0 Å². The quantitative estimate of drug-likeness (QED) is 0.624. The smallest absolute Gasteiger partial charge is 0.273 e. The highest BCUT2D eigenvalue weighted by Gasteiger charge is 2.21. The number of ether oxygens (including phenoxy) is 1. The third-order valence-corrected chi connectivity index (χ3v) is 4.26. The van der Waals surface area contributed by atoms with E-state index in [9.17, 15) is 9.90 Å². The minimum Gasteiger partial charge on any atom is -0.447 e. The number of carbonyl (C=O) groups excluding carboxylic acids is 1. The van der Waals surface area contributed by atoms with E-state index in [2.05, 4.69) is 20.1 Å². The van der Waals surface area contributed by atoms with Crippen LogP contribution in [0.4, 0.5) is 0 Å². The van der Waals surface area contributed by atoms with Crippen molar-refractivity contribution < 1.29 is 19.1 Å². The lowest BCUT2D eigenvalue weighted by Crippen LogP contribution is -2.48. The first kappa shape index (κ1) is 20.8. The molecule has 1 aliphatic heterocycles. The molecule has 1 atom stereocenters. The van der Waals surface area contributed by atoms with Crippen LogP contribution < -0.4 is 5.32 Å². The summed E-state index contributed by atoms with van der Waals surface area (Å²) in [6, 6.07) is 0. The molecule has 8 nitrogen and oxygen atoms in total. The lowest BCUT2D eigenvalue weighted by atomic mass is 10.2. The predicted octanol–water partition coefficient (Wildman–Crippen LogP) is 0.575. The Bertz CT molecular complexity index is 541. The highest BCUT2D eigenvalue weighted by Crippen LogP contribution is 2.10. The Morgan fingerprint density at radius 2 is 2.04 bits per heavy atom. The minimum absolute atomic E-state index is 0.193. The first-order valence-electron chi connectivity index (χ1n) is 9.41. The van der Waals surface area contributed by atoms with Crippen LogP contribution in [-0.4, -0.2) is 84.4 Å². The average molecular weight is 368 g/mol. The van der Waals surface area contributed by atoms with Gasteiger partial charge in [-0.3, -0.25) is 14.6 Å². The standard InChI is InChI=1S/C18H32N4O4/c1-4-25-12-15(23)10-21-5-7-22(8-6-21)11-17-20-16(13-26-17)18(24)19-9-14(2)3/h13-15,23H,4-12H2,1-3H3,(H,19,24)/t15-/m1/s1. The number of nitrogens with zero attached hydrogens (tertiary/aromatic N) is 3. The number of piperazine rings is 1. The Morgan fingerprint density at radius 1 is 1.35 bits per heavy atom. The molecule has 26 heavy (non-hydrogen) atoms. The van der Waals surface area contributed by atoms with Crippen LogP contribution in [0.2, 0.25) is 0 Å². The largest absolute Gasteiger partial charge is 0.447 e. The Morgan fingerprint density at radius 3 is 2.69 bits per heavy atom. The number of carbonyl (C=O) groups is 1. The van der Waals surface area contributed by atoms with E-state index in [-0.39, 0.29) is 5.91 Å². The zero-order chi connectivity index (χ0) is 18.9. The van der Waals surface area contributed by atoms with Crippen LogP contribution in [0, 0.1) is 5.92 Å². The summed E-state index contributed by atoms with van der Waals surface area (Å²) < 4.78 is 10.7. The molecule has 8 heteroatoms. The molecule has 0 unspecified atom stereocenters. The van der Waals surface area contributed by atoms with E-state index in [1.54, 1.807) is 0 Å². The van der Waals surface area contributed by atoms with Crippen molar-refractivity contribution in [3.63, 3.8) is 0 Å². The second kappa shape index (κ2) is 10.6. The first-order chi connectivity index (χ1) is 12.5. The molecule has 0 radical (unpaired) electrons. The fourth-order valence-electron chi connectivity index (χ4n) is 2.80. The Kier molecular flexibility index (Phi) is 8.50. The van der Waals surface area contributed by atoms with E-state index in [1.165, 1.54) is 6.26 Å². The van der Waals surface area contributed by atoms with Gasteiger partial charge in [-0.15, -0.1) is 0 Å². The summed E-state index contributed by atoms with van der Waals surface area (Å²) in [6.45, 7) is 12.4. The second-order valence-corrected chi connectivity index (χ2v) is 7.12. The molecule has 2 heterocycles. The van der Waals surface area contributed by atoms with Crippen molar-refractivity contribution in [2.45, 2.75) is 33.4 Å². The number of amides is 1. The number of aliphatic hydroxyl groups is 1. The summed E-state index contributed by atoms with van der Waals surface area (Å²) in [5.41, 5.74) is 0.332. The van der Waals surface area contributed by atoms with Crippen LogP contribution in [0.3, 0.4) is 0 Å². The molecule has 0 bridgehead atoms. The molecule has 2 N–H and O–H groups in total. The number of β-amino-alcohol motifs (C(OH)–C–C–N with tert-alkyl or cyclic N) is 1. The number of rotatable bonds is 10. The second-order valence-electron chi connectivity index (χ2n) is 7.12. The van der Waals surface area contributed by atoms with Crippen LogP contribution in [0.25, 0.3) is 0 Å². The van der Waals surface area contributed by atoms with Crippen LogP contribution in [0.15, 0.2) is 10.7 Å². The number of oxazole rings is 1. The van der Waals surface area contributed by atoms with E-state index >= 15 is 0 Å². The molecule has 2 rings (SSSR count). The van der Waals surface area contributed by atoms with Gasteiger partial charge in [0.1, 0.15) is 6.26 Å². The summed E-state index contributed by atoms with van der Waals surface area (Å²) >= 11 is 0. The van der Waals surface area contributed by atoms with Crippen molar-refractivity contribution in [2.75, 3.05) is 52.5 Å². The molecule has 1 fully saturated rings. The molecule has 148 valence electrons. The van der Waals surface area contributed by atoms with Gasteiger partial charge in [-0.1, -0.05) is 13.8 Å². The third kappa shape index (κ3) is 7.03. The number of hydrogen-bond acceptors (Lipinski definition) is 7. The lowest BCUT2D eigenvalue weighted by Gasteiger charge is -2.34. The van der Waals surface area contributed by atoms with Gasteiger partial charge in [0.2, 0.25) is 5.89 Å². The van der Waals surface area contributed by atoms with E-state index in [4.69, 9.17) is 9.15 Å². The minimum atomic E-state index is -0.444. The van der Waals surface area contributed by atoms with Gasteiger partial charge in [-0.25, -0.2) is 4.98 Å². The fourth-order valence-corrected chi connectivity index (χ4v) is 2.80. The van der Waals surface area contributed by atoms with Crippen LogP contribution in [0.1, 0.15) is 37.2 Å². The van der Waals surface area contributed by atoms with Gasteiger partial charge in [0.15, 0.2) is 5.69 Å². The van der Waals surface area contributed by atoms with Gasteiger partial charge in [0, 0.05) is 45.9 Å². The average Bonchev–Trinajstić information content (AvgIpc) is 3.08. The zero-order valence-corrected chi connectivity index (χ0v) is 16.1. The molecule has 1 aromatic heterocycles. The van der Waals surface area contributed by atoms with E-state index < -0.39 is 6.10 Å². The van der Waals surface area contributed by atoms with Gasteiger partial charge in [0.05, 0.1) is 19.3 Å². The van der Waals surface area contributed by atoms with Gasteiger partial charge >= 0.3 is 0 Å². The van der Waals surface area contributed by atoms with Gasteiger partial charge in [-0.2, -0.15) is 0 Å². The molecule has 0 aromatic carbocycles. The van der Waals surface area contributed by atoms with Crippen molar-refractivity contribution in [3.8, 4) is 0 Å². The maximum absolute atomic E-state index is 12.0. The lowest BCUT2D eigenvalue weighted by molar-refractivity contribution is 0.00949. The van der Waals surface area contributed by atoms with Crippen molar-refractivity contribution >= 4 is 5.91 Å². The maximum Gasteiger partial charge on any atom is 0.273 e. The van der Waals surface area contributed by atoms with Crippen molar-refractivity contribution in [1.82, 2.24) is 20.1 Å². The molecule has 1 saturated heterocycles. The Balaban J connectivity index is 1.71. The Hall–Kier alpha value is -1.48. The Labute approximate surface area is 155 Å². The van der Waals surface area contributed by atoms with Crippen molar-refractivity contribution in [2.24, 2.45) is 5.92 Å². The van der Waals surface area contributed by atoms with Crippen LogP contribution in [-0.2, 0) is 11.3 Å². The summed E-state index contributed by atoms with van der Waals surface area (Å²) in [7, 11) is 0. The summed E-state index contributed by atoms with van der Waals surface area (Å²) in [5.74, 6) is 0.764. The molecule has 0 spiro atoms. The van der Waals surface area contributed by atoms with E-state index in [1.807, 2.05) is 20.8 Å². The van der Waals surface area contributed by atoms with Crippen molar-refractivity contribution in [1.29, 1.82) is 0 Å². The maximum atomic E-state index is 12.0. The molecular formula is C18H32N4O4. The molecule has 0 aliphatic carbocycles. The highest BCUT2D eigenvalue weighted by molar-refractivity contribution is 5.91. The number of hydrogen-bond donors (Lipinski definition) is 2. The predicted molar refractivity (Wildman–Crippen MR) is 97.9 cm³/mol. The monoisotopic (exact) mass is 368 g/mol. The number of nitrogens with one attached hydrogen (secondary N) is 1. The third-order valence-electron chi connectivity index (χ3n) is 4.26. The molecule has 1 aliphatic rings. The number of aromatic nitrogens is 1. The molecule has 1 amide bonds. The van der Waals surface area contributed by atoms with E-state index in [0.717, 1.165) is 26.2 Å². The molecule has 1 aromatic rings. The SMILES string of the molecule is CCOC[C@H](O)CN1CCN(Cc2nc(C(=O)NCC(C)C)co2)CC1. The molecular weight excluding hydrogens is 336 g/mol. The topological polar surface area (TPSA) is 91.1 Å².